The Bertz CT molecular complexity index is 886. The van der Waals surface area contributed by atoms with E-state index in [0.29, 0.717) is 0 Å². The Labute approximate surface area is 209 Å². The van der Waals surface area contributed by atoms with Gasteiger partial charge in [0.25, 0.3) is 0 Å². The van der Waals surface area contributed by atoms with Gasteiger partial charge in [0.1, 0.15) is 54.2 Å². The van der Waals surface area contributed by atoms with Gasteiger partial charge in [-0.1, -0.05) is 0 Å². The minimum atomic E-state index is -5.20. The van der Waals surface area contributed by atoms with E-state index in [1.165, 1.54) is 24.3 Å². The smallest absolute Gasteiger partial charge is 0.402 e. The van der Waals surface area contributed by atoms with Crippen molar-refractivity contribution < 1.29 is 87.9 Å². The van der Waals surface area contributed by atoms with Crippen molar-refractivity contribution in [1.29, 1.82) is 0 Å². The maximum atomic E-state index is 10.4. The molecule has 3 rings (SSSR count). The summed E-state index contributed by atoms with van der Waals surface area (Å²) < 4.78 is 41.8. The van der Waals surface area contributed by atoms with E-state index in [1.807, 2.05) is 0 Å². The van der Waals surface area contributed by atoms with Crippen LogP contribution < -0.4 is 0 Å². The molecule has 216 valence electrons. The molecule has 1 aromatic rings. The zero-order valence-electron chi connectivity index (χ0n) is 18.7. The molecular weight excluding hydrogens is 536 g/mol. The summed E-state index contributed by atoms with van der Waals surface area (Å²) >= 11 is 0. The molecule has 0 radical (unpaired) electrons. The Morgan fingerprint density at radius 2 is 1.19 bits per heavy atom. The van der Waals surface area contributed by atoms with E-state index < -0.39 is 84.7 Å². The zero-order valence-corrected chi connectivity index (χ0v) is 19.5. The number of hydrogen-bond acceptors (Lipinski definition) is 17. The predicted molar refractivity (Wildman–Crippen MR) is 113 cm³/mol. The van der Waals surface area contributed by atoms with Crippen LogP contribution in [0.25, 0.3) is 0 Å². The van der Waals surface area contributed by atoms with Crippen LogP contribution in [0, 0.1) is 0 Å². The van der Waals surface area contributed by atoms with Crippen molar-refractivity contribution in [2.24, 2.45) is 0 Å². The highest BCUT2D eigenvalue weighted by molar-refractivity contribution is 7.80. The van der Waals surface area contributed by atoms with Gasteiger partial charge >= 0.3 is 16.4 Å². The third-order valence-corrected chi connectivity index (χ3v) is 5.32. The second-order valence-electron chi connectivity index (χ2n) is 7.64. The van der Waals surface area contributed by atoms with Gasteiger partial charge in [-0.05, 0) is 24.3 Å². The Morgan fingerprint density at radius 3 is 1.59 bits per heavy atom. The summed E-state index contributed by atoms with van der Waals surface area (Å²) in [4.78, 5) is 0. The third kappa shape index (κ3) is 9.47. The van der Waals surface area contributed by atoms with Crippen molar-refractivity contribution >= 4 is 10.4 Å². The highest BCUT2D eigenvalue weighted by Crippen LogP contribution is 2.30. The molecule has 37 heavy (non-hydrogen) atoms. The first-order chi connectivity index (χ1) is 17.0. The number of aliphatic hydroxyl groups excluding tert-OH is 9. The molecule has 2 unspecified atom stereocenters. The van der Waals surface area contributed by atoms with Crippen LogP contribution in [0.5, 0.6) is 11.5 Å². The average molecular weight is 566 g/mol. The minimum Gasteiger partial charge on any atom is -0.508 e. The van der Waals surface area contributed by atoms with Crippen molar-refractivity contribution in [2.75, 3.05) is 13.2 Å². The molecule has 1 aromatic carbocycles. The van der Waals surface area contributed by atoms with E-state index in [2.05, 4.69) is 13.7 Å². The Kier molecular flexibility index (Phi) is 12.4. The van der Waals surface area contributed by atoms with E-state index >= 15 is 0 Å². The fourth-order valence-electron chi connectivity index (χ4n) is 2.88. The maximum Gasteiger partial charge on any atom is 0.402 e. The molecule has 0 saturated carbocycles. The Morgan fingerprint density at radius 1 is 0.757 bits per heavy atom. The number of benzene rings is 1. The molecule has 2 aliphatic rings. The fourth-order valence-corrected chi connectivity index (χ4v) is 3.32. The van der Waals surface area contributed by atoms with E-state index in [1.54, 1.807) is 0 Å². The SMILES string of the molecule is O=S(=O)(O)OC1(O)O[C@H](CO)[C@H](O)[C@H](O)[C@H]1O.OC[C@H]1OC(O)[C@H](O)[C@@H](O)[C@H]1O.Oc1ccc(O)cc1. The van der Waals surface area contributed by atoms with Gasteiger partial charge in [-0.3, -0.25) is 4.55 Å². The second kappa shape index (κ2) is 13.8. The van der Waals surface area contributed by atoms with Crippen LogP contribution >= 0.6 is 0 Å². The topological polar surface area (TPSA) is 325 Å². The van der Waals surface area contributed by atoms with Crippen molar-refractivity contribution in [2.45, 2.75) is 61.1 Å². The average Bonchev–Trinajstić information content (AvgIpc) is 2.83. The lowest BCUT2D eigenvalue weighted by atomic mass is 9.98. The van der Waals surface area contributed by atoms with Crippen molar-refractivity contribution in [3.63, 3.8) is 0 Å². The van der Waals surface area contributed by atoms with Gasteiger partial charge in [-0.2, -0.15) is 12.6 Å². The molecule has 18 nitrogen and oxygen atoms in total. The van der Waals surface area contributed by atoms with Crippen LogP contribution in [-0.2, 0) is 24.1 Å². The summed E-state index contributed by atoms with van der Waals surface area (Å²) in [6.07, 6.45) is -14.9. The largest absolute Gasteiger partial charge is 0.508 e. The zero-order chi connectivity index (χ0) is 28.7. The second-order valence-corrected chi connectivity index (χ2v) is 8.66. The molecule has 0 spiro atoms. The number of phenols is 2. The van der Waals surface area contributed by atoms with Crippen LogP contribution in [0.2, 0.25) is 0 Å². The minimum absolute atomic E-state index is 0.169. The lowest BCUT2D eigenvalue weighted by molar-refractivity contribution is -0.422. The number of rotatable bonds is 4. The number of hydrogen-bond donors (Lipinski definition) is 13. The summed E-state index contributed by atoms with van der Waals surface area (Å²) in [5.74, 6) is -2.97. The molecule has 0 amide bonds. The highest BCUT2D eigenvalue weighted by atomic mass is 32.3. The highest BCUT2D eigenvalue weighted by Gasteiger charge is 2.56. The molecule has 2 aliphatic heterocycles. The van der Waals surface area contributed by atoms with E-state index in [0.717, 1.165) is 0 Å². The van der Waals surface area contributed by atoms with Gasteiger partial charge in [0.2, 0.25) is 0 Å². The van der Waals surface area contributed by atoms with Crippen LogP contribution in [0.1, 0.15) is 0 Å². The molecule has 0 aromatic heterocycles. The summed E-state index contributed by atoms with van der Waals surface area (Å²) in [5.41, 5.74) is 0. The van der Waals surface area contributed by atoms with Crippen molar-refractivity contribution in [1.82, 2.24) is 0 Å². The first kappa shape index (κ1) is 33.2. The molecule has 2 saturated heterocycles. The van der Waals surface area contributed by atoms with Crippen LogP contribution in [0.4, 0.5) is 0 Å². The normalized spacial score (nSPS) is 38.0. The van der Waals surface area contributed by atoms with E-state index in [9.17, 15) is 28.8 Å². The van der Waals surface area contributed by atoms with E-state index in [-0.39, 0.29) is 11.5 Å². The molecule has 2 fully saturated rings. The first-order valence-electron chi connectivity index (χ1n) is 10.2. The fraction of sp³-hybridized carbons (Fsp3) is 0.667. The monoisotopic (exact) mass is 566 g/mol. The number of phenolic OH excluding ortho intramolecular Hbond substituents is 2. The lowest BCUT2D eigenvalue weighted by Crippen LogP contribution is -2.66. The van der Waals surface area contributed by atoms with Crippen molar-refractivity contribution in [3.05, 3.63) is 24.3 Å². The van der Waals surface area contributed by atoms with Gasteiger partial charge in [-0.15, -0.1) is 0 Å². The van der Waals surface area contributed by atoms with Crippen LogP contribution in [0.3, 0.4) is 0 Å². The maximum absolute atomic E-state index is 10.4. The standard InChI is InChI=1S/C6H12O10S.C6H12O6.C6H6O2/c7-1-2-3(8)4(9)5(10)6(11,15-2)16-17(12,13)14;7-1-2-3(8)4(9)5(10)6(11)12-2;7-5-1-2-6(8)4-3-5/h2-5,7-11H,1H2,(H,12,13,14);2-11H,1H2;1-4,7-8H/t2*2-,3+,4+,5-,6?;/m11./s1. The van der Waals surface area contributed by atoms with Crippen LogP contribution in [0.15, 0.2) is 24.3 Å². The molecule has 10 atom stereocenters. The van der Waals surface area contributed by atoms with Gasteiger partial charge in [-0.25, -0.2) is 0 Å². The van der Waals surface area contributed by atoms with Gasteiger partial charge in [0.05, 0.1) is 13.2 Å². The quantitative estimate of drug-likeness (QED) is 0.0915. The van der Waals surface area contributed by atoms with Gasteiger partial charge < -0.3 is 70.8 Å². The van der Waals surface area contributed by atoms with Gasteiger partial charge in [0, 0.05) is 0 Å². The molecule has 0 bridgehead atoms. The van der Waals surface area contributed by atoms with E-state index in [4.69, 9.17) is 45.4 Å². The molecular formula is C18H30O18S. The lowest BCUT2D eigenvalue weighted by Gasteiger charge is -2.43. The summed E-state index contributed by atoms with van der Waals surface area (Å²) in [6.45, 7) is -1.43. The summed E-state index contributed by atoms with van der Waals surface area (Å²) in [7, 11) is -5.20. The van der Waals surface area contributed by atoms with Crippen LogP contribution in [-0.4, -0.2) is 149 Å². The Balaban J connectivity index is 0.000000297. The Hall–Kier alpha value is -1.79. The summed E-state index contributed by atoms with van der Waals surface area (Å²) in [5, 5.41) is 108. The molecule has 19 heteroatoms. The van der Waals surface area contributed by atoms with Gasteiger partial charge in [0.15, 0.2) is 12.4 Å². The molecule has 0 aliphatic carbocycles. The van der Waals surface area contributed by atoms with Crippen molar-refractivity contribution in [3.8, 4) is 11.5 Å². The molecule has 2 heterocycles. The molecule has 13 N–H and O–H groups in total. The number of ether oxygens (including phenoxy) is 2. The predicted octanol–water partition coefficient (Wildman–Crippen LogP) is -6.20. The third-order valence-electron chi connectivity index (χ3n) is 4.87. The number of aliphatic hydroxyl groups is 10. The number of aromatic hydroxyl groups is 2. The summed E-state index contributed by atoms with van der Waals surface area (Å²) in [6, 6.07) is 5.70. The first-order valence-corrected chi connectivity index (χ1v) is 11.5.